The molecule has 1 unspecified atom stereocenters. The highest BCUT2D eigenvalue weighted by atomic mass is 19.1. The quantitative estimate of drug-likeness (QED) is 0.372. The van der Waals surface area contributed by atoms with Crippen molar-refractivity contribution < 1.29 is 28.2 Å². The van der Waals surface area contributed by atoms with Gasteiger partial charge in [0, 0.05) is 37.8 Å². The topological polar surface area (TPSA) is 112 Å². The van der Waals surface area contributed by atoms with E-state index in [1.54, 1.807) is 35.1 Å². The Hall–Kier alpha value is -4.74. The molecule has 0 saturated carbocycles. The molecular weight excluding hydrogens is 524 g/mol. The molecule has 4 aromatic rings. The monoisotopic (exact) mass is 551 g/mol. The maximum Gasteiger partial charge on any atom is 0.290 e. The molecule has 2 aromatic heterocycles. The van der Waals surface area contributed by atoms with E-state index in [1.165, 1.54) is 29.8 Å². The number of halogens is 2. The van der Waals surface area contributed by atoms with Gasteiger partial charge in [-0.1, -0.05) is 12.1 Å². The molecule has 1 N–H and O–H groups in total. The van der Waals surface area contributed by atoms with Crippen LogP contribution in [-0.4, -0.2) is 62.6 Å². The first kappa shape index (κ1) is 26.9. The maximum atomic E-state index is 14.4. The second-order valence-electron chi connectivity index (χ2n) is 9.24. The summed E-state index contributed by atoms with van der Waals surface area (Å²) in [6.45, 7) is 2.71. The fourth-order valence-corrected chi connectivity index (χ4v) is 4.98. The minimum atomic E-state index is -0.954. The third kappa shape index (κ3) is 4.65. The van der Waals surface area contributed by atoms with Gasteiger partial charge in [0.05, 0.1) is 14.2 Å². The van der Waals surface area contributed by atoms with E-state index in [0.717, 1.165) is 12.1 Å². The summed E-state index contributed by atoms with van der Waals surface area (Å²) in [5, 5.41) is 16.0. The minimum absolute atomic E-state index is 0.0262. The van der Waals surface area contributed by atoms with Gasteiger partial charge in [-0.05, 0) is 43.2 Å². The normalized spacial score (nSPS) is 14.9. The van der Waals surface area contributed by atoms with Crippen LogP contribution in [0.15, 0.2) is 53.5 Å². The van der Waals surface area contributed by atoms with Gasteiger partial charge in [-0.2, -0.15) is 10.1 Å². The Morgan fingerprint density at radius 1 is 1.12 bits per heavy atom. The van der Waals surface area contributed by atoms with Crippen molar-refractivity contribution in [3.05, 3.63) is 81.8 Å². The molecule has 0 bridgehead atoms. The predicted molar refractivity (Wildman–Crippen MR) is 141 cm³/mol. The zero-order valence-corrected chi connectivity index (χ0v) is 22.1. The van der Waals surface area contributed by atoms with E-state index in [9.17, 15) is 23.5 Å². The van der Waals surface area contributed by atoms with Crippen LogP contribution in [-0.2, 0) is 6.54 Å². The van der Waals surface area contributed by atoms with Crippen molar-refractivity contribution in [2.75, 3.05) is 27.3 Å². The summed E-state index contributed by atoms with van der Waals surface area (Å²) in [4.78, 5) is 32.5. The number of aromatic hydroxyl groups is 1. The van der Waals surface area contributed by atoms with Crippen molar-refractivity contribution in [1.29, 1.82) is 0 Å². The number of carbonyl (C=O) groups is 1. The number of nitrogens with zero attached hydrogens (tertiary/aromatic N) is 5. The van der Waals surface area contributed by atoms with Gasteiger partial charge in [0.25, 0.3) is 11.5 Å². The SMILES string of the molecule is CCn1ccc(-c2nc(=O)c(C(=O)N3CCC(c4ccc(F)cc4F)C3)c(O)n2-c2c(OC)cccc2OC)n1. The van der Waals surface area contributed by atoms with Crippen LogP contribution in [0.5, 0.6) is 17.4 Å². The molecule has 10 nitrogen and oxygen atoms in total. The minimum Gasteiger partial charge on any atom is -0.494 e. The van der Waals surface area contributed by atoms with Gasteiger partial charge >= 0.3 is 0 Å². The Morgan fingerprint density at radius 3 is 2.48 bits per heavy atom. The van der Waals surface area contributed by atoms with E-state index in [1.807, 2.05) is 6.92 Å². The molecule has 0 spiro atoms. The molecule has 1 fully saturated rings. The summed E-state index contributed by atoms with van der Waals surface area (Å²) in [5.74, 6) is -2.72. The summed E-state index contributed by atoms with van der Waals surface area (Å²) in [6, 6.07) is 9.90. The lowest BCUT2D eigenvalue weighted by molar-refractivity contribution is 0.0784. The first-order valence-electron chi connectivity index (χ1n) is 12.6. The van der Waals surface area contributed by atoms with Gasteiger partial charge < -0.3 is 19.5 Å². The molecule has 0 radical (unpaired) electrons. The molecule has 1 aliphatic heterocycles. The fraction of sp³-hybridized carbons (Fsp3) is 0.286. The molecule has 208 valence electrons. The number of hydrogen-bond donors (Lipinski definition) is 1. The number of likely N-dealkylation sites (tertiary alicyclic amines) is 1. The smallest absolute Gasteiger partial charge is 0.290 e. The number of carbonyl (C=O) groups excluding carboxylic acids is 1. The summed E-state index contributed by atoms with van der Waals surface area (Å²) < 4.78 is 41.7. The van der Waals surface area contributed by atoms with Gasteiger partial charge in [0.15, 0.2) is 11.4 Å². The number of aromatic nitrogens is 4. The Balaban J connectivity index is 1.64. The summed E-state index contributed by atoms with van der Waals surface area (Å²) >= 11 is 0. The zero-order valence-electron chi connectivity index (χ0n) is 22.1. The Labute approximate surface area is 228 Å². The van der Waals surface area contributed by atoms with E-state index in [4.69, 9.17) is 9.47 Å². The van der Waals surface area contributed by atoms with Gasteiger partial charge in [-0.3, -0.25) is 18.8 Å². The molecule has 0 aliphatic carbocycles. The van der Waals surface area contributed by atoms with Gasteiger partial charge in [-0.25, -0.2) is 8.78 Å². The molecule has 12 heteroatoms. The molecule has 40 heavy (non-hydrogen) atoms. The van der Waals surface area contributed by atoms with Crippen LogP contribution in [0.2, 0.25) is 0 Å². The molecule has 2 aromatic carbocycles. The highest BCUT2D eigenvalue weighted by Crippen LogP contribution is 2.39. The number of rotatable bonds is 7. The van der Waals surface area contributed by atoms with Crippen molar-refractivity contribution in [3.63, 3.8) is 0 Å². The van der Waals surface area contributed by atoms with Crippen LogP contribution in [0, 0.1) is 11.6 Å². The highest BCUT2D eigenvalue weighted by Gasteiger charge is 2.35. The van der Waals surface area contributed by atoms with Crippen molar-refractivity contribution >= 4 is 5.91 Å². The maximum absolute atomic E-state index is 14.4. The second-order valence-corrected chi connectivity index (χ2v) is 9.24. The number of ether oxygens (including phenoxy) is 2. The zero-order chi connectivity index (χ0) is 28.6. The van der Waals surface area contributed by atoms with Crippen molar-refractivity contribution in [1.82, 2.24) is 24.2 Å². The van der Waals surface area contributed by atoms with Crippen LogP contribution >= 0.6 is 0 Å². The standard InChI is InChI=1S/C28H27F2N5O5/c1-4-34-13-11-20(32-34)25-31-26(36)23(28(38)35(25)24-21(39-2)6-5-7-22(24)40-3)27(37)33-12-10-16(15-33)18-9-8-17(29)14-19(18)30/h5-9,11,13-14,16,38H,4,10,12,15H2,1-3H3. The van der Waals surface area contributed by atoms with Crippen molar-refractivity contribution in [2.45, 2.75) is 25.8 Å². The molecule has 5 rings (SSSR count). The number of amides is 1. The van der Waals surface area contributed by atoms with E-state index in [2.05, 4.69) is 10.1 Å². The van der Waals surface area contributed by atoms with E-state index in [0.29, 0.717) is 13.0 Å². The van der Waals surface area contributed by atoms with E-state index in [-0.39, 0.29) is 47.4 Å². The second kappa shape index (κ2) is 10.8. The Morgan fingerprint density at radius 2 is 1.85 bits per heavy atom. The Kier molecular flexibility index (Phi) is 7.24. The summed E-state index contributed by atoms with van der Waals surface area (Å²) in [5.41, 5.74) is -0.761. The third-order valence-electron chi connectivity index (χ3n) is 6.98. The predicted octanol–water partition coefficient (Wildman–Crippen LogP) is 3.75. The van der Waals surface area contributed by atoms with Crippen LogP contribution in [0.25, 0.3) is 17.2 Å². The number of methoxy groups -OCH3 is 2. The lowest BCUT2D eigenvalue weighted by Crippen LogP contribution is -2.34. The largest absolute Gasteiger partial charge is 0.494 e. The number of benzene rings is 2. The van der Waals surface area contributed by atoms with Gasteiger partial charge in [-0.15, -0.1) is 0 Å². The molecular formula is C28H27F2N5O5. The van der Waals surface area contributed by atoms with Crippen LogP contribution < -0.4 is 15.0 Å². The van der Waals surface area contributed by atoms with Crippen LogP contribution in [0.1, 0.15) is 35.2 Å². The average Bonchev–Trinajstić information content (AvgIpc) is 3.63. The Bertz CT molecular complexity index is 1630. The van der Waals surface area contributed by atoms with Gasteiger partial charge in [0.2, 0.25) is 5.88 Å². The summed E-state index contributed by atoms with van der Waals surface area (Å²) in [6.07, 6.45) is 2.09. The highest BCUT2D eigenvalue weighted by molar-refractivity contribution is 5.96. The van der Waals surface area contributed by atoms with Crippen LogP contribution in [0.3, 0.4) is 0 Å². The fourth-order valence-electron chi connectivity index (χ4n) is 4.98. The lowest BCUT2D eigenvalue weighted by Gasteiger charge is -2.22. The first-order valence-corrected chi connectivity index (χ1v) is 12.6. The number of aryl methyl sites for hydroxylation is 1. The molecule has 1 saturated heterocycles. The van der Waals surface area contributed by atoms with E-state index >= 15 is 0 Å². The third-order valence-corrected chi connectivity index (χ3v) is 6.98. The lowest BCUT2D eigenvalue weighted by atomic mass is 9.98. The van der Waals surface area contributed by atoms with Crippen molar-refractivity contribution in [3.8, 4) is 34.6 Å². The number of hydrogen-bond acceptors (Lipinski definition) is 7. The number of para-hydroxylation sites is 1. The average molecular weight is 552 g/mol. The van der Waals surface area contributed by atoms with Gasteiger partial charge in [0.1, 0.15) is 34.5 Å². The van der Waals surface area contributed by atoms with E-state index < -0.39 is 40.5 Å². The first-order chi connectivity index (χ1) is 19.3. The molecule has 3 heterocycles. The van der Waals surface area contributed by atoms with Crippen molar-refractivity contribution in [2.24, 2.45) is 0 Å². The summed E-state index contributed by atoms with van der Waals surface area (Å²) in [7, 11) is 2.86. The molecule has 1 aliphatic rings. The van der Waals surface area contributed by atoms with Crippen LogP contribution in [0.4, 0.5) is 8.78 Å². The molecule has 1 amide bonds. The molecule has 1 atom stereocenters.